The number of rotatable bonds is 5. The lowest BCUT2D eigenvalue weighted by Gasteiger charge is -2.28. The molecule has 1 unspecified atom stereocenters. The summed E-state index contributed by atoms with van der Waals surface area (Å²) in [5, 5.41) is 29.8. The predicted molar refractivity (Wildman–Crippen MR) is 134 cm³/mol. The van der Waals surface area contributed by atoms with Gasteiger partial charge in [0.05, 0.1) is 30.0 Å². The van der Waals surface area contributed by atoms with E-state index in [9.17, 15) is 15.2 Å². The van der Waals surface area contributed by atoms with Crippen LogP contribution < -0.4 is 15.4 Å². The Morgan fingerprint density at radius 2 is 1.83 bits per heavy atom. The maximum atomic E-state index is 13.7. The predicted octanol–water partition coefficient (Wildman–Crippen LogP) is 4.46. The fourth-order valence-corrected chi connectivity index (χ4v) is 4.16. The van der Waals surface area contributed by atoms with Gasteiger partial charge in [0.2, 0.25) is 5.95 Å². The Bertz CT molecular complexity index is 1510. The number of aromatic hydroxyl groups is 1. The first-order valence-corrected chi connectivity index (χ1v) is 11.2. The van der Waals surface area contributed by atoms with E-state index in [1.54, 1.807) is 60.3 Å². The van der Waals surface area contributed by atoms with Gasteiger partial charge in [-0.05, 0) is 61.0 Å². The van der Waals surface area contributed by atoms with Gasteiger partial charge in [-0.2, -0.15) is 10.2 Å². The highest BCUT2D eigenvalue weighted by atomic mass is 16.5. The molecule has 9 heteroatoms. The fourth-order valence-electron chi connectivity index (χ4n) is 4.16. The Balaban J connectivity index is 1.60. The summed E-state index contributed by atoms with van der Waals surface area (Å²) in [6.07, 6.45) is 0. The lowest BCUT2D eigenvalue weighted by molar-refractivity contribution is -0.113. The minimum atomic E-state index is -0.609. The van der Waals surface area contributed by atoms with E-state index in [1.165, 1.54) is 0 Å². The Kier molecular flexibility index (Phi) is 5.84. The van der Waals surface area contributed by atoms with Crippen molar-refractivity contribution in [2.24, 2.45) is 0 Å². The molecule has 1 atom stereocenters. The lowest BCUT2D eigenvalue weighted by Crippen LogP contribution is -2.31. The quantitative estimate of drug-likeness (QED) is 0.387. The molecule has 1 amide bonds. The van der Waals surface area contributed by atoms with Gasteiger partial charge in [-0.3, -0.25) is 4.79 Å². The van der Waals surface area contributed by atoms with Gasteiger partial charge < -0.3 is 20.5 Å². The summed E-state index contributed by atoms with van der Waals surface area (Å²) in [5.74, 6) is 1.27. The molecule has 1 aliphatic heterocycles. The van der Waals surface area contributed by atoms with Gasteiger partial charge in [0.25, 0.3) is 5.91 Å². The number of fused-ring (bicyclic) bond motifs is 1. The number of phenolic OH excluding ortho intramolecular Hbond substituents is 1. The molecular weight excluding hydrogens is 456 g/mol. The highest BCUT2D eigenvalue weighted by molar-refractivity contribution is 6.06. The Labute approximate surface area is 207 Å². The Hall–Kier alpha value is -5.10. The summed E-state index contributed by atoms with van der Waals surface area (Å²) in [4.78, 5) is 18.3. The number of nitrogens with one attached hydrogen (secondary N) is 2. The van der Waals surface area contributed by atoms with Gasteiger partial charge in [0.1, 0.15) is 17.5 Å². The van der Waals surface area contributed by atoms with E-state index in [1.807, 2.05) is 31.2 Å². The number of para-hydroxylation sites is 2. The normalized spacial score (nSPS) is 14.4. The molecule has 1 aromatic heterocycles. The fraction of sp³-hybridized carbons (Fsp3) is 0.111. The molecule has 3 N–H and O–H groups in total. The van der Waals surface area contributed by atoms with Crippen molar-refractivity contribution < 1.29 is 14.6 Å². The standard InChI is InChI=1S/C27H22N6O3/c1-16-23(26(35)30-21-5-3-4-6-22(21)36-2)24(18-9-7-17(15-28)8-10-18)33-27(29-16)31-25(32-33)19-11-13-20(34)14-12-19/h3-14,24,34H,1-2H3,(H,30,35)(H,29,31,32). The Morgan fingerprint density at radius 1 is 1.11 bits per heavy atom. The first-order valence-electron chi connectivity index (χ1n) is 11.2. The molecule has 3 aromatic carbocycles. The number of hydrogen-bond acceptors (Lipinski definition) is 7. The molecule has 178 valence electrons. The van der Waals surface area contributed by atoms with E-state index in [0.717, 1.165) is 5.56 Å². The van der Waals surface area contributed by atoms with Crippen molar-refractivity contribution >= 4 is 17.5 Å². The third kappa shape index (κ3) is 4.12. The zero-order chi connectivity index (χ0) is 25.2. The molecule has 0 fully saturated rings. The summed E-state index contributed by atoms with van der Waals surface area (Å²) in [6, 6.07) is 22.3. The van der Waals surface area contributed by atoms with Gasteiger partial charge in [-0.25, -0.2) is 4.68 Å². The summed E-state index contributed by atoms with van der Waals surface area (Å²) in [5.41, 5.74) is 3.60. The summed E-state index contributed by atoms with van der Waals surface area (Å²) in [6.45, 7) is 1.81. The number of amides is 1. The minimum absolute atomic E-state index is 0.143. The van der Waals surface area contributed by atoms with Crippen LogP contribution >= 0.6 is 0 Å². The van der Waals surface area contributed by atoms with Crippen LogP contribution in [-0.2, 0) is 4.79 Å². The zero-order valence-corrected chi connectivity index (χ0v) is 19.6. The molecule has 0 aliphatic carbocycles. The van der Waals surface area contributed by atoms with Crippen LogP contribution in [0.15, 0.2) is 84.1 Å². The number of phenols is 1. The first-order chi connectivity index (χ1) is 17.5. The topological polar surface area (TPSA) is 125 Å². The molecule has 0 saturated carbocycles. The molecule has 1 aliphatic rings. The van der Waals surface area contributed by atoms with Crippen molar-refractivity contribution in [3.05, 3.63) is 95.2 Å². The van der Waals surface area contributed by atoms with Crippen molar-refractivity contribution in [2.75, 3.05) is 17.7 Å². The number of nitriles is 1. The average molecular weight is 479 g/mol. The number of anilines is 2. The monoisotopic (exact) mass is 478 g/mol. The molecule has 0 radical (unpaired) electrons. The van der Waals surface area contributed by atoms with E-state index < -0.39 is 6.04 Å². The smallest absolute Gasteiger partial charge is 0.255 e. The highest BCUT2D eigenvalue weighted by Crippen LogP contribution is 2.37. The van der Waals surface area contributed by atoms with Crippen LogP contribution in [0.25, 0.3) is 11.4 Å². The maximum absolute atomic E-state index is 13.7. The van der Waals surface area contributed by atoms with Crippen LogP contribution in [0.3, 0.4) is 0 Å². The van der Waals surface area contributed by atoms with E-state index in [-0.39, 0.29) is 11.7 Å². The molecular formula is C27H22N6O3. The largest absolute Gasteiger partial charge is 0.508 e. The van der Waals surface area contributed by atoms with Crippen LogP contribution in [0.2, 0.25) is 0 Å². The number of benzene rings is 3. The van der Waals surface area contributed by atoms with Crippen LogP contribution in [0.1, 0.15) is 24.1 Å². The number of carbonyl (C=O) groups excluding carboxylic acids is 1. The van der Waals surface area contributed by atoms with Crippen LogP contribution in [0, 0.1) is 11.3 Å². The molecule has 0 bridgehead atoms. The lowest BCUT2D eigenvalue weighted by atomic mass is 9.94. The second-order valence-corrected chi connectivity index (χ2v) is 8.20. The van der Waals surface area contributed by atoms with Gasteiger partial charge in [0.15, 0.2) is 5.82 Å². The van der Waals surface area contributed by atoms with Crippen LogP contribution in [0.5, 0.6) is 11.5 Å². The zero-order valence-electron chi connectivity index (χ0n) is 19.6. The average Bonchev–Trinajstić information content (AvgIpc) is 3.32. The van der Waals surface area contributed by atoms with Crippen molar-refractivity contribution in [3.8, 4) is 29.0 Å². The van der Waals surface area contributed by atoms with Crippen molar-refractivity contribution in [3.63, 3.8) is 0 Å². The number of ether oxygens (including phenoxy) is 1. The number of nitrogens with zero attached hydrogens (tertiary/aromatic N) is 4. The van der Waals surface area contributed by atoms with Gasteiger partial charge >= 0.3 is 0 Å². The van der Waals surface area contributed by atoms with Crippen molar-refractivity contribution in [2.45, 2.75) is 13.0 Å². The molecule has 5 rings (SSSR count). The molecule has 2 heterocycles. The number of carbonyl (C=O) groups is 1. The van der Waals surface area contributed by atoms with Crippen molar-refractivity contribution in [1.82, 2.24) is 14.8 Å². The van der Waals surface area contributed by atoms with E-state index >= 15 is 0 Å². The number of aromatic nitrogens is 3. The van der Waals surface area contributed by atoms with E-state index in [0.29, 0.717) is 45.6 Å². The maximum Gasteiger partial charge on any atom is 0.255 e. The number of hydrogen-bond donors (Lipinski definition) is 3. The van der Waals surface area contributed by atoms with E-state index in [2.05, 4.69) is 21.7 Å². The second kappa shape index (κ2) is 9.27. The number of allylic oxidation sites excluding steroid dienone is 1. The minimum Gasteiger partial charge on any atom is -0.508 e. The molecule has 0 saturated heterocycles. The summed E-state index contributed by atoms with van der Waals surface area (Å²) >= 11 is 0. The Morgan fingerprint density at radius 3 is 2.53 bits per heavy atom. The summed E-state index contributed by atoms with van der Waals surface area (Å²) < 4.78 is 7.05. The molecule has 0 spiro atoms. The molecule has 4 aromatic rings. The van der Waals surface area contributed by atoms with Gasteiger partial charge in [-0.1, -0.05) is 24.3 Å². The van der Waals surface area contributed by atoms with Crippen LogP contribution in [0.4, 0.5) is 11.6 Å². The summed E-state index contributed by atoms with van der Waals surface area (Å²) in [7, 11) is 1.55. The molecule has 36 heavy (non-hydrogen) atoms. The van der Waals surface area contributed by atoms with Crippen LogP contribution in [-0.4, -0.2) is 32.9 Å². The highest BCUT2D eigenvalue weighted by Gasteiger charge is 2.34. The second-order valence-electron chi connectivity index (χ2n) is 8.20. The SMILES string of the molecule is COc1ccccc1NC(=O)C1=C(C)Nc2nc(-c3ccc(O)cc3)nn2C1c1ccc(C#N)cc1. The van der Waals surface area contributed by atoms with Crippen molar-refractivity contribution in [1.29, 1.82) is 5.26 Å². The van der Waals surface area contributed by atoms with Gasteiger partial charge in [-0.15, -0.1) is 5.10 Å². The third-order valence-corrected chi connectivity index (χ3v) is 5.93. The number of methoxy groups -OCH3 is 1. The third-order valence-electron chi connectivity index (χ3n) is 5.93. The van der Waals surface area contributed by atoms with E-state index in [4.69, 9.17) is 9.84 Å². The van der Waals surface area contributed by atoms with Gasteiger partial charge in [0, 0.05) is 11.3 Å². The molecule has 9 nitrogen and oxygen atoms in total. The first kappa shape index (κ1) is 22.7.